The van der Waals surface area contributed by atoms with Crippen LogP contribution in [0.3, 0.4) is 0 Å². The number of carbonyl (C=O) groups is 3. The van der Waals surface area contributed by atoms with Crippen LogP contribution in [0, 0.1) is 0 Å². The molecule has 0 aliphatic carbocycles. The molecule has 0 aliphatic rings. The van der Waals surface area contributed by atoms with Gasteiger partial charge in [0.05, 0.1) is 30.9 Å². The molecule has 8 heteroatoms. The number of ether oxygens (including phenoxy) is 5. The summed E-state index contributed by atoms with van der Waals surface area (Å²) in [5.74, 6) is -1.08. The predicted octanol–water partition coefficient (Wildman–Crippen LogP) is 2.38. The summed E-state index contributed by atoms with van der Waals surface area (Å²) >= 11 is 0. The van der Waals surface area contributed by atoms with Crippen molar-refractivity contribution in [3.63, 3.8) is 0 Å². The number of hydrogen-bond donors (Lipinski definition) is 0. The summed E-state index contributed by atoms with van der Waals surface area (Å²) in [6.07, 6.45) is 0.621. The first-order valence-corrected chi connectivity index (χ1v) is 8.01. The Morgan fingerprint density at radius 2 is 1.54 bits per heavy atom. The highest BCUT2D eigenvalue weighted by Crippen LogP contribution is 2.08. The lowest BCUT2D eigenvalue weighted by atomic mass is 10.1. The minimum Gasteiger partial charge on any atom is -0.462 e. The van der Waals surface area contributed by atoms with Gasteiger partial charge in [-0.3, -0.25) is 0 Å². The van der Waals surface area contributed by atoms with Gasteiger partial charge in [0.15, 0.2) is 0 Å². The minimum absolute atomic E-state index is 0.0172. The van der Waals surface area contributed by atoms with Crippen LogP contribution in [0.4, 0.5) is 4.79 Å². The molecule has 8 nitrogen and oxygen atoms in total. The summed E-state index contributed by atoms with van der Waals surface area (Å²) < 4.78 is 24.4. The predicted molar refractivity (Wildman–Crippen MR) is 91.0 cm³/mol. The molecule has 1 aromatic carbocycles. The summed E-state index contributed by atoms with van der Waals surface area (Å²) in [6, 6.07) is 6.07. The van der Waals surface area contributed by atoms with Crippen LogP contribution >= 0.6 is 0 Å². The normalized spacial score (nSPS) is 9.88. The lowest BCUT2D eigenvalue weighted by Crippen LogP contribution is -2.15. The smallest absolute Gasteiger partial charge is 0.462 e. The fourth-order valence-electron chi connectivity index (χ4n) is 1.72. The van der Waals surface area contributed by atoms with Crippen LogP contribution in [0.1, 0.15) is 27.6 Å². The van der Waals surface area contributed by atoms with E-state index in [4.69, 9.17) is 18.9 Å². The molecular formula is C18H22O8. The Hall–Kier alpha value is -2.87. The lowest BCUT2D eigenvalue weighted by molar-refractivity contribution is 0.0127. The lowest BCUT2D eigenvalue weighted by Gasteiger charge is -2.08. The zero-order valence-electron chi connectivity index (χ0n) is 14.6. The zero-order chi connectivity index (χ0) is 19.2. The van der Waals surface area contributed by atoms with Crippen molar-refractivity contribution < 1.29 is 38.1 Å². The van der Waals surface area contributed by atoms with E-state index in [1.807, 2.05) is 0 Å². The van der Waals surface area contributed by atoms with Gasteiger partial charge in [0.25, 0.3) is 0 Å². The fraction of sp³-hybridized carbons (Fsp3) is 0.389. The van der Waals surface area contributed by atoms with Crippen LogP contribution < -0.4 is 0 Å². The summed E-state index contributed by atoms with van der Waals surface area (Å²) in [5, 5.41) is 0. The van der Waals surface area contributed by atoms with E-state index in [9.17, 15) is 14.4 Å². The number of rotatable bonds is 11. The highest BCUT2D eigenvalue weighted by Gasteiger charge is 2.12. The van der Waals surface area contributed by atoms with Gasteiger partial charge in [-0.15, -0.1) is 0 Å². The Balaban J connectivity index is 2.22. The van der Waals surface area contributed by atoms with Crippen molar-refractivity contribution in [3.8, 4) is 0 Å². The maximum Gasteiger partial charge on any atom is 0.508 e. The van der Waals surface area contributed by atoms with Crippen LogP contribution in [-0.2, 0) is 23.7 Å². The Kier molecular flexibility index (Phi) is 10.2. The van der Waals surface area contributed by atoms with Crippen molar-refractivity contribution in [3.05, 3.63) is 48.0 Å². The molecule has 1 rings (SSSR count). The van der Waals surface area contributed by atoms with Crippen molar-refractivity contribution in [2.45, 2.75) is 6.92 Å². The highest BCUT2D eigenvalue weighted by molar-refractivity contribution is 5.95. The second-order valence-electron chi connectivity index (χ2n) is 4.75. The molecule has 26 heavy (non-hydrogen) atoms. The molecule has 0 N–H and O–H groups in total. The minimum atomic E-state index is -0.804. The molecule has 0 spiro atoms. The Morgan fingerprint density at radius 3 is 2.15 bits per heavy atom. The molecule has 0 bridgehead atoms. The number of esters is 2. The standard InChI is InChI=1S/C18H22O8/c1-3-8-25-18(21)26-12-10-22-9-11-24-17(20)15-7-5-6-14(13-15)16(19)23-4-2/h3,5-7,13H,1,4,8-12H2,2H3. The average molecular weight is 366 g/mol. The molecule has 0 atom stereocenters. The Labute approximate surface area is 151 Å². The van der Waals surface area contributed by atoms with E-state index in [0.717, 1.165) is 0 Å². The summed E-state index contributed by atoms with van der Waals surface area (Å²) in [5.41, 5.74) is 0.516. The Morgan fingerprint density at radius 1 is 0.923 bits per heavy atom. The number of hydrogen-bond acceptors (Lipinski definition) is 8. The van der Waals surface area contributed by atoms with Crippen molar-refractivity contribution in [2.75, 3.05) is 39.6 Å². The molecule has 0 amide bonds. The second kappa shape index (κ2) is 12.5. The van der Waals surface area contributed by atoms with Crippen molar-refractivity contribution in [2.24, 2.45) is 0 Å². The third kappa shape index (κ3) is 8.29. The molecule has 0 aliphatic heterocycles. The van der Waals surface area contributed by atoms with Crippen molar-refractivity contribution in [1.82, 2.24) is 0 Å². The topological polar surface area (TPSA) is 97.4 Å². The van der Waals surface area contributed by atoms with Crippen LogP contribution in [0.15, 0.2) is 36.9 Å². The van der Waals surface area contributed by atoms with E-state index < -0.39 is 18.1 Å². The van der Waals surface area contributed by atoms with Gasteiger partial charge < -0.3 is 23.7 Å². The van der Waals surface area contributed by atoms with E-state index in [0.29, 0.717) is 0 Å². The number of benzene rings is 1. The molecule has 0 unspecified atom stereocenters. The molecule has 0 heterocycles. The number of carbonyl (C=O) groups excluding carboxylic acids is 3. The third-order valence-corrected chi connectivity index (χ3v) is 2.84. The van der Waals surface area contributed by atoms with Gasteiger partial charge >= 0.3 is 18.1 Å². The van der Waals surface area contributed by atoms with E-state index >= 15 is 0 Å². The van der Waals surface area contributed by atoms with Gasteiger partial charge in [-0.25, -0.2) is 14.4 Å². The largest absolute Gasteiger partial charge is 0.508 e. The van der Waals surface area contributed by atoms with E-state index in [1.165, 1.54) is 18.2 Å². The van der Waals surface area contributed by atoms with Crippen LogP contribution in [0.25, 0.3) is 0 Å². The zero-order valence-corrected chi connectivity index (χ0v) is 14.6. The molecule has 0 fully saturated rings. The van der Waals surface area contributed by atoms with E-state index in [1.54, 1.807) is 19.1 Å². The van der Waals surface area contributed by atoms with Gasteiger partial charge in [0.2, 0.25) is 0 Å². The molecule has 0 aromatic heterocycles. The van der Waals surface area contributed by atoms with Crippen molar-refractivity contribution >= 4 is 18.1 Å². The van der Waals surface area contributed by atoms with E-state index in [2.05, 4.69) is 11.3 Å². The first kappa shape index (κ1) is 21.2. The van der Waals surface area contributed by atoms with Crippen LogP contribution in [0.5, 0.6) is 0 Å². The Bertz CT molecular complexity index is 611. The SMILES string of the molecule is C=CCOC(=O)OCCOCCOC(=O)c1cccc(C(=O)OCC)c1. The van der Waals surface area contributed by atoms with Gasteiger partial charge in [0.1, 0.15) is 19.8 Å². The van der Waals surface area contributed by atoms with Gasteiger partial charge in [-0.1, -0.05) is 18.7 Å². The molecule has 0 radical (unpaired) electrons. The molecule has 0 saturated heterocycles. The van der Waals surface area contributed by atoms with E-state index in [-0.39, 0.29) is 50.8 Å². The summed E-state index contributed by atoms with van der Waals surface area (Å²) in [7, 11) is 0. The van der Waals surface area contributed by atoms with Crippen LogP contribution in [0.2, 0.25) is 0 Å². The first-order valence-electron chi connectivity index (χ1n) is 8.01. The fourth-order valence-corrected chi connectivity index (χ4v) is 1.72. The third-order valence-electron chi connectivity index (χ3n) is 2.84. The summed E-state index contributed by atoms with van der Waals surface area (Å²) in [4.78, 5) is 34.6. The first-order chi connectivity index (χ1) is 12.6. The van der Waals surface area contributed by atoms with Gasteiger partial charge in [-0.2, -0.15) is 0 Å². The highest BCUT2D eigenvalue weighted by atomic mass is 16.7. The summed E-state index contributed by atoms with van der Waals surface area (Å²) in [6.45, 7) is 5.73. The van der Waals surface area contributed by atoms with Crippen molar-refractivity contribution in [1.29, 1.82) is 0 Å². The maximum absolute atomic E-state index is 11.9. The second-order valence-corrected chi connectivity index (χ2v) is 4.75. The molecule has 142 valence electrons. The maximum atomic E-state index is 11.9. The monoisotopic (exact) mass is 366 g/mol. The van der Waals surface area contributed by atoms with Crippen LogP contribution in [-0.4, -0.2) is 57.7 Å². The van der Waals surface area contributed by atoms with Gasteiger partial charge in [-0.05, 0) is 25.1 Å². The quantitative estimate of drug-likeness (QED) is 0.255. The molecular weight excluding hydrogens is 344 g/mol. The molecule has 1 aromatic rings. The average Bonchev–Trinajstić information content (AvgIpc) is 2.65. The molecule has 0 saturated carbocycles. The van der Waals surface area contributed by atoms with Gasteiger partial charge in [0, 0.05) is 0 Å².